The summed E-state index contributed by atoms with van der Waals surface area (Å²) in [7, 11) is 0. The number of benzene rings is 3. The first-order valence-electron chi connectivity index (χ1n) is 11.1. The maximum atomic E-state index is 13.8. The number of ether oxygens (including phenoxy) is 1. The third kappa shape index (κ3) is 5.51. The predicted octanol–water partition coefficient (Wildman–Crippen LogP) is 6.12. The Hall–Kier alpha value is -3.51. The molecule has 2 atom stereocenters. The first-order chi connectivity index (χ1) is 16.5. The highest BCUT2D eigenvalue weighted by Gasteiger charge is 2.38. The monoisotopic (exact) mass is 517 g/mol. The summed E-state index contributed by atoms with van der Waals surface area (Å²) in [5.74, 6) is -2.26. The molecule has 3 aromatic rings. The Morgan fingerprint density at radius 3 is 1.85 bits per heavy atom. The maximum absolute atomic E-state index is 13.8. The summed E-state index contributed by atoms with van der Waals surface area (Å²) in [4.78, 5) is 40.9. The second-order valence-electron chi connectivity index (χ2n) is 8.04. The number of carbonyl (C=O) groups is 3. The molecule has 1 aliphatic carbocycles. The van der Waals surface area contributed by atoms with E-state index < -0.39 is 17.8 Å². The zero-order chi connectivity index (χ0) is 23.9. The number of Topliss-reactive ketones (excluding diaryl/α,β-unsaturated/α-hetero) is 1. The van der Waals surface area contributed by atoms with E-state index in [9.17, 15) is 14.4 Å². The molecule has 0 saturated heterocycles. The lowest BCUT2D eigenvalue weighted by Gasteiger charge is -2.32. The van der Waals surface area contributed by atoms with Crippen LogP contribution in [0, 0.1) is 11.8 Å². The lowest BCUT2D eigenvalue weighted by Crippen LogP contribution is -2.40. The van der Waals surface area contributed by atoms with Gasteiger partial charge in [0.05, 0.1) is 11.8 Å². The SMILES string of the molecule is O=C(COC(=O)[C@H]1CC=CC[C@@H]1C(=O)N(c1ccccc1)c1ccccc1)c1ccc(Br)cc1. The molecule has 0 radical (unpaired) electrons. The van der Waals surface area contributed by atoms with Crippen molar-refractivity contribution < 1.29 is 19.1 Å². The topological polar surface area (TPSA) is 63.7 Å². The van der Waals surface area contributed by atoms with Crippen LogP contribution in [0.5, 0.6) is 0 Å². The van der Waals surface area contributed by atoms with Gasteiger partial charge < -0.3 is 4.74 Å². The minimum Gasteiger partial charge on any atom is -0.457 e. The van der Waals surface area contributed by atoms with E-state index in [2.05, 4.69) is 15.9 Å². The molecular weight excluding hydrogens is 494 g/mol. The number of halogens is 1. The molecule has 0 saturated carbocycles. The molecule has 0 unspecified atom stereocenters. The molecule has 0 spiro atoms. The highest BCUT2D eigenvalue weighted by molar-refractivity contribution is 9.10. The van der Waals surface area contributed by atoms with Gasteiger partial charge in [0.2, 0.25) is 5.91 Å². The minimum atomic E-state index is -0.662. The lowest BCUT2D eigenvalue weighted by molar-refractivity contribution is -0.151. The second-order valence-corrected chi connectivity index (χ2v) is 8.95. The average molecular weight is 518 g/mol. The number of ketones is 1. The highest BCUT2D eigenvalue weighted by Crippen LogP contribution is 2.34. The zero-order valence-corrected chi connectivity index (χ0v) is 20.1. The van der Waals surface area contributed by atoms with Crippen molar-refractivity contribution in [1.29, 1.82) is 0 Å². The van der Waals surface area contributed by atoms with Crippen LogP contribution in [0.3, 0.4) is 0 Å². The Balaban J connectivity index is 1.52. The molecule has 0 fully saturated rings. The van der Waals surface area contributed by atoms with Gasteiger partial charge >= 0.3 is 5.97 Å². The van der Waals surface area contributed by atoms with Gasteiger partial charge in [0.15, 0.2) is 12.4 Å². The fourth-order valence-corrected chi connectivity index (χ4v) is 4.30. The quantitative estimate of drug-likeness (QED) is 0.215. The predicted molar refractivity (Wildman–Crippen MR) is 135 cm³/mol. The summed E-state index contributed by atoms with van der Waals surface area (Å²) in [6.45, 7) is -0.358. The number of carbonyl (C=O) groups excluding carboxylic acids is 3. The first-order valence-corrected chi connectivity index (χ1v) is 11.9. The second kappa shape index (κ2) is 11.1. The van der Waals surface area contributed by atoms with Crippen molar-refractivity contribution >= 4 is 45.0 Å². The van der Waals surface area contributed by atoms with Crippen LogP contribution in [-0.2, 0) is 14.3 Å². The number of hydrogen-bond donors (Lipinski definition) is 0. The third-order valence-electron chi connectivity index (χ3n) is 5.81. The number of amides is 1. The van der Waals surface area contributed by atoms with Crippen molar-refractivity contribution in [2.24, 2.45) is 11.8 Å². The first kappa shape index (κ1) is 23.6. The fourth-order valence-electron chi connectivity index (χ4n) is 4.03. The van der Waals surface area contributed by atoms with Crippen molar-refractivity contribution in [3.63, 3.8) is 0 Å². The van der Waals surface area contributed by atoms with Gasteiger partial charge in [-0.15, -0.1) is 0 Å². The van der Waals surface area contributed by atoms with Crippen LogP contribution in [0.25, 0.3) is 0 Å². The highest BCUT2D eigenvalue weighted by atomic mass is 79.9. The van der Waals surface area contributed by atoms with Crippen LogP contribution in [-0.4, -0.2) is 24.3 Å². The summed E-state index contributed by atoms with van der Waals surface area (Å²) in [6, 6.07) is 25.6. The van der Waals surface area contributed by atoms with Crippen molar-refractivity contribution in [1.82, 2.24) is 0 Å². The smallest absolute Gasteiger partial charge is 0.310 e. The summed E-state index contributed by atoms with van der Waals surface area (Å²) in [5, 5.41) is 0. The molecule has 0 N–H and O–H groups in total. The number of rotatable bonds is 7. The van der Waals surface area contributed by atoms with Gasteiger partial charge in [0, 0.05) is 21.4 Å². The maximum Gasteiger partial charge on any atom is 0.310 e. The summed E-state index contributed by atoms with van der Waals surface area (Å²) >= 11 is 3.34. The van der Waals surface area contributed by atoms with E-state index in [-0.39, 0.29) is 18.3 Å². The summed E-state index contributed by atoms with van der Waals surface area (Å²) < 4.78 is 6.25. The van der Waals surface area contributed by atoms with E-state index >= 15 is 0 Å². The van der Waals surface area contributed by atoms with Crippen LogP contribution in [0.15, 0.2) is 102 Å². The standard InChI is InChI=1S/C28H24BrNO4/c29-21-17-15-20(16-18-21)26(31)19-34-28(33)25-14-8-7-13-24(25)27(32)30(22-9-3-1-4-10-22)23-11-5-2-6-12-23/h1-12,15-18,24-25H,13-14,19H2/t24-,25-/m0/s1. The molecule has 6 heteroatoms. The number of esters is 1. The Morgan fingerprint density at radius 1 is 0.765 bits per heavy atom. The van der Waals surface area contributed by atoms with E-state index in [1.165, 1.54) is 0 Å². The van der Waals surface area contributed by atoms with Crippen molar-refractivity contribution in [3.05, 3.63) is 107 Å². The van der Waals surface area contributed by atoms with Crippen LogP contribution >= 0.6 is 15.9 Å². The Labute approximate surface area is 207 Å². The molecule has 5 nitrogen and oxygen atoms in total. The Morgan fingerprint density at radius 2 is 1.29 bits per heavy atom. The Kier molecular flexibility index (Phi) is 7.70. The van der Waals surface area contributed by atoms with Crippen LogP contribution < -0.4 is 4.90 Å². The molecule has 0 heterocycles. The molecule has 1 aliphatic rings. The van der Waals surface area contributed by atoms with Gasteiger partial charge in [0.1, 0.15) is 0 Å². The number of hydrogen-bond acceptors (Lipinski definition) is 4. The van der Waals surface area contributed by atoms with E-state index in [4.69, 9.17) is 4.74 Å². The molecule has 4 rings (SSSR count). The molecule has 34 heavy (non-hydrogen) atoms. The molecule has 3 aromatic carbocycles. The van der Waals surface area contributed by atoms with Crippen LogP contribution in [0.4, 0.5) is 11.4 Å². The van der Waals surface area contributed by atoms with Crippen LogP contribution in [0.1, 0.15) is 23.2 Å². The normalized spacial score (nSPS) is 17.1. The average Bonchev–Trinajstić information content (AvgIpc) is 2.89. The van der Waals surface area contributed by atoms with Crippen molar-refractivity contribution in [2.75, 3.05) is 11.5 Å². The molecule has 1 amide bonds. The van der Waals surface area contributed by atoms with Crippen molar-refractivity contribution in [2.45, 2.75) is 12.8 Å². The molecule has 172 valence electrons. The van der Waals surface area contributed by atoms with Gasteiger partial charge in [-0.3, -0.25) is 19.3 Å². The zero-order valence-electron chi connectivity index (χ0n) is 18.5. The number of anilines is 2. The fraction of sp³-hybridized carbons (Fsp3) is 0.179. The summed E-state index contributed by atoms with van der Waals surface area (Å²) in [6.07, 6.45) is 4.63. The van der Waals surface area contributed by atoms with Gasteiger partial charge in [0.25, 0.3) is 0 Å². The molecule has 0 aliphatic heterocycles. The Bertz CT molecular complexity index is 1140. The minimum absolute atomic E-state index is 0.178. The van der Waals surface area contributed by atoms with Crippen molar-refractivity contribution in [3.8, 4) is 0 Å². The largest absolute Gasteiger partial charge is 0.457 e. The van der Waals surface area contributed by atoms with Gasteiger partial charge in [-0.2, -0.15) is 0 Å². The van der Waals surface area contributed by atoms with Crippen LogP contribution in [0.2, 0.25) is 0 Å². The lowest BCUT2D eigenvalue weighted by atomic mass is 9.81. The van der Waals surface area contributed by atoms with Gasteiger partial charge in [-0.1, -0.05) is 76.6 Å². The molecule has 0 aromatic heterocycles. The van der Waals surface area contributed by atoms with Gasteiger partial charge in [-0.05, 0) is 49.2 Å². The van der Waals surface area contributed by atoms with E-state index in [1.54, 1.807) is 29.2 Å². The van der Waals surface area contributed by atoms with E-state index in [0.717, 1.165) is 15.8 Å². The summed E-state index contributed by atoms with van der Waals surface area (Å²) in [5.41, 5.74) is 1.92. The molecular formula is C28H24BrNO4. The van der Waals surface area contributed by atoms with E-state index in [0.29, 0.717) is 18.4 Å². The number of para-hydroxylation sites is 2. The van der Waals surface area contributed by atoms with E-state index in [1.807, 2.05) is 72.8 Å². The van der Waals surface area contributed by atoms with Gasteiger partial charge in [-0.25, -0.2) is 0 Å². The number of nitrogens with zero attached hydrogens (tertiary/aromatic N) is 1. The molecule has 0 bridgehead atoms. The third-order valence-corrected chi connectivity index (χ3v) is 6.34. The number of allylic oxidation sites excluding steroid dienone is 2.